The molecule has 0 heterocycles. The summed E-state index contributed by atoms with van der Waals surface area (Å²) in [5, 5.41) is 22.1. The predicted molar refractivity (Wildman–Crippen MR) is 102 cm³/mol. The summed E-state index contributed by atoms with van der Waals surface area (Å²) in [6.07, 6.45) is -0.704. The molecule has 0 aliphatic rings. The molecule has 142 valence electrons. The fourth-order valence-electron chi connectivity index (χ4n) is 2.51. The summed E-state index contributed by atoms with van der Waals surface area (Å²) in [7, 11) is 1.52. The molecule has 0 spiro atoms. The molecule has 0 saturated carbocycles. The van der Waals surface area contributed by atoms with Gasteiger partial charge in [0.05, 0.1) is 7.11 Å². The highest BCUT2D eigenvalue weighted by Gasteiger charge is 2.17. The standard InChI is InChI=1S/C20H21ClN2O4/c1-13-11-15(4-5-16(13)21)19(24)20(25)23-9-7-14-3-6-17(27-10-8-22)18(12-14)26-2/h3-6,11-12,19,24H,7,9-10H2,1-2H3,(H,23,25). The van der Waals surface area contributed by atoms with Crippen molar-refractivity contribution in [3.8, 4) is 17.6 Å². The molecule has 1 atom stereocenters. The number of halogens is 1. The van der Waals surface area contributed by atoms with Crippen molar-refractivity contribution < 1.29 is 19.4 Å². The van der Waals surface area contributed by atoms with Crippen LogP contribution in [0.4, 0.5) is 0 Å². The van der Waals surface area contributed by atoms with Crippen LogP contribution in [-0.4, -0.2) is 31.3 Å². The molecule has 2 N–H and O–H groups in total. The van der Waals surface area contributed by atoms with Gasteiger partial charge in [0, 0.05) is 11.6 Å². The van der Waals surface area contributed by atoms with E-state index in [1.54, 1.807) is 30.3 Å². The highest BCUT2D eigenvalue weighted by Crippen LogP contribution is 2.28. The molecule has 0 aliphatic heterocycles. The summed E-state index contributed by atoms with van der Waals surface area (Å²) in [6, 6.07) is 12.2. The number of amides is 1. The van der Waals surface area contributed by atoms with Crippen molar-refractivity contribution in [3.63, 3.8) is 0 Å². The Morgan fingerprint density at radius 2 is 2.07 bits per heavy atom. The zero-order chi connectivity index (χ0) is 19.8. The average molecular weight is 389 g/mol. The second kappa shape index (κ2) is 9.81. The Morgan fingerprint density at radius 1 is 1.30 bits per heavy atom. The number of hydrogen-bond acceptors (Lipinski definition) is 5. The Balaban J connectivity index is 1.92. The second-order valence-electron chi connectivity index (χ2n) is 5.88. The van der Waals surface area contributed by atoms with Crippen molar-refractivity contribution in [3.05, 3.63) is 58.1 Å². The third-order valence-corrected chi connectivity index (χ3v) is 4.40. The molecule has 2 aromatic carbocycles. The molecule has 0 radical (unpaired) electrons. The van der Waals surface area contributed by atoms with E-state index in [0.29, 0.717) is 35.1 Å². The van der Waals surface area contributed by atoms with Crippen molar-refractivity contribution >= 4 is 17.5 Å². The Kier molecular flexibility index (Phi) is 7.47. The van der Waals surface area contributed by atoms with Crippen LogP contribution in [0.1, 0.15) is 22.8 Å². The van der Waals surface area contributed by atoms with Gasteiger partial charge in [-0.25, -0.2) is 0 Å². The fraction of sp³-hybridized carbons (Fsp3) is 0.300. The Labute approximate surface area is 163 Å². The topological polar surface area (TPSA) is 91.6 Å². The Hall–Kier alpha value is -2.75. The van der Waals surface area contributed by atoms with Crippen LogP contribution in [0.3, 0.4) is 0 Å². The molecule has 0 bridgehead atoms. The average Bonchev–Trinajstić information content (AvgIpc) is 2.68. The van der Waals surface area contributed by atoms with Gasteiger partial charge < -0.3 is 19.9 Å². The van der Waals surface area contributed by atoms with Crippen LogP contribution in [-0.2, 0) is 11.2 Å². The molecule has 0 aromatic heterocycles. The first-order chi connectivity index (χ1) is 13.0. The number of carbonyl (C=O) groups excluding carboxylic acids is 1. The van der Waals surface area contributed by atoms with E-state index in [-0.39, 0.29) is 6.61 Å². The predicted octanol–water partition coefficient (Wildman–Crippen LogP) is 2.95. The van der Waals surface area contributed by atoms with Crippen LogP contribution in [0.15, 0.2) is 36.4 Å². The van der Waals surface area contributed by atoms with E-state index in [2.05, 4.69) is 5.32 Å². The maximum atomic E-state index is 12.2. The molecule has 6 nitrogen and oxygen atoms in total. The molecule has 0 aliphatic carbocycles. The van der Waals surface area contributed by atoms with Crippen molar-refractivity contribution in [1.82, 2.24) is 5.32 Å². The van der Waals surface area contributed by atoms with Crippen molar-refractivity contribution in [1.29, 1.82) is 5.26 Å². The van der Waals surface area contributed by atoms with Gasteiger partial charge in [0.15, 0.2) is 24.2 Å². The lowest BCUT2D eigenvalue weighted by Gasteiger charge is -2.13. The number of nitriles is 1. The maximum Gasteiger partial charge on any atom is 0.253 e. The van der Waals surface area contributed by atoms with Crippen LogP contribution >= 0.6 is 11.6 Å². The summed E-state index contributed by atoms with van der Waals surface area (Å²) >= 11 is 5.96. The van der Waals surface area contributed by atoms with Crippen LogP contribution in [0, 0.1) is 18.3 Å². The zero-order valence-corrected chi connectivity index (χ0v) is 15.9. The number of benzene rings is 2. The second-order valence-corrected chi connectivity index (χ2v) is 6.29. The smallest absolute Gasteiger partial charge is 0.253 e. The van der Waals surface area contributed by atoms with Gasteiger partial charge in [-0.3, -0.25) is 4.79 Å². The van der Waals surface area contributed by atoms with Gasteiger partial charge in [-0.1, -0.05) is 29.8 Å². The van der Waals surface area contributed by atoms with E-state index >= 15 is 0 Å². The largest absolute Gasteiger partial charge is 0.493 e. The van der Waals surface area contributed by atoms with Crippen molar-refractivity contribution in [2.24, 2.45) is 0 Å². The molecule has 0 saturated heterocycles. The lowest BCUT2D eigenvalue weighted by molar-refractivity contribution is -0.129. The first kappa shape index (κ1) is 20.6. The van der Waals surface area contributed by atoms with Gasteiger partial charge in [0.2, 0.25) is 0 Å². The maximum absolute atomic E-state index is 12.2. The van der Waals surface area contributed by atoms with E-state index in [1.807, 2.05) is 19.1 Å². The fourth-order valence-corrected chi connectivity index (χ4v) is 2.63. The molecule has 2 rings (SSSR count). The number of aliphatic hydroxyl groups excluding tert-OH is 1. The van der Waals surface area contributed by atoms with Gasteiger partial charge >= 0.3 is 0 Å². The van der Waals surface area contributed by atoms with E-state index < -0.39 is 12.0 Å². The van der Waals surface area contributed by atoms with Gasteiger partial charge in [-0.05, 0) is 48.2 Å². The number of hydrogen-bond donors (Lipinski definition) is 2. The van der Waals surface area contributed by atoms with Crippen molar-refractivity contribution in [2.45, 2.75) is 19.4 Å². The number of ether oxygens (including phenoxy) is 2. The SMILES string of the molecule is COc1cc(CCNC(=O)C(O)c2ccc(Cl)c(C)c2)ccc1OCC#N. The lowest BCUT2D eigenvalue weighted by atomic mass is 10.1. The first-order valence-corrected chi connectivity index (χ1v) is 8.72. The van der Waals surface area contributed by atoms with Gasteiger partial charge in [0.25, 0.3) is 5.91 Å². The van der Waals surface area contributed by atoms with Crippen molar-refractivity contribution in [2.75, 3.05) is 20.3 Å². The highest BCUT2D eigenvalue weighted by molar-refractivity contribution is 6.31. The summed E-state index contributed by atoms with van der Waals surface area (Å²) in [5.74, 6) is 0.531. The van der Waals surface area contributed by atoms with E-state index in [9.17, 15) is 9.90 Å². The number of rotatable bonds is 8. The molecular weight excluding hydrogens is 368 g/mol. The lowest BCUT2D eigenvalue weighted by Crippen LogP contribution is -2.31. The third-order valence-electron chi connectivity index (χ3n) is 3.98. The van der Waals surface area contributed by atoms with E-state index in [1.165, 1.54) is 7.11 Å². The molecule has 0 fully saturated rings. The molecular formula is C20H21ClN2O4. The van der Waals surface area contributed by atoms with Gasteiger partial charge in [-0.2, -0.15) is 5.26 Å². The molecule has 1 unspecified atom stereocenters. The van der Waals surface area contributed by atoms with Crippen LogP contribution in [0.25, 0.3) is 0 Å². The molecule has 1 amide bonds. The zero-order valence-electron chi connectivity index (χ0n) is 15.2. The van der Waals surface area contributed by atoms with E-state index in [0.717, 1.165) is 11.1 Å². The van der Waals surface area contributed by atoms with Crippen LogP contribution < -0.4 is 14.8 Å². The Bertz CT molecular complexity index is 848. The summed E-state index contributed by atoms with van der Waals surface area (Å²) in [5.41, 5.74) is 2.22. The molecule has 27 heavy (non-hydrogen) atoms. The minimum absolute atomic E-state index is 0.0617. The van der Waals surface area contributed by atoms with Crippen LogP contribution in [0.5, 0.6) is 11.5 Å². The first-order valence-electron chi connectivity index (χ1n) is 8.34. The number of carbonyl (C=O) groups is 1. The monoisotopic (exact) mass is 388 g/mol. The minimum Gasteiger partial charge on any atom is -0.493 e. The summed E-state index contributed by atoms with van der Waals surface area (Å²) in [6.45, 7) is 2.10. The Morgan fingerprint density at radius 3 is 2.74 bits per heavy atom. The van der Waals surface area contributed by atoms with Crippen LogP contribution in [0.2, 0.25) is 5.02 Å². The minimum atomic E-state index is -1.25. The quantitative estimate of drug-likeness (QED) is 0.725. The highest BCUT2D eigenvalue weighted by atomic mass is 35.5. The summed E-state index contributed by atoms with van der Waals surface area (Å²) in [4.78, 5) is 12.2. The normalized spacial score (nSPS) is 11.4. The third kappa shape index (κ3) is 5.61. The van der Waals surface area contributed by atoms with Gasteiger partial charge in [-0.15, -0.1) is 0 Å². The van der Waals surface area contributed by atoms with E-state index in [4.69, 9.17) is 26.3 Å². The number of nitrogens with zero attached hydrogens (tertiary/aromatic N) is 1. The van der Waals surface area contributed by atoms with Gasteiger partial charge in [0.1, 0.15) is 6.07 Å². The summed E-state index contributed by atoms with van der Waals surface area (Å²) < 4.78 is 10.5. The number of aryl methyl sites for hydroxylation is 1. The number of methoxy groups -OCH3 is 1. The number of aliphatic hydroxyl groups is 1. The molecule has 2 aromatic rings. The molecule has 7 heteroatoms. The number of nitrogens with one attached hydrogen (secondary N) is 1.